The van der Waals surface area contributed by atoms with Gasteiger partial charge >= 0.3 is 0 Å². The van der Waals surface area contributed by atoms with Crippen LogP contribution in [0.25, 0.3) is 89.6 Å². The first-order valence-electron chi connectivity index (χ1n) is 37.2. The Labute approximate surface area is 646 Å². The molecular weight excluding hydrogens is 1390 g/mol. The summed E-state index contributed by atoms with van der Waals surface area (Å²) in [5.74, 6) is 4.65. The Balaban J connectivity index is 0.000000130. The monoisotopic (exact) mass is 1480 g/mol. The minimum atomic E-state index is 0.520. The first-order valence-corrected chi connectivity index (χ1v) is 37.2. The number of aromatic nitrogens is 14. The van der Waals surface area contributed by atoms with Crippen LogP contribution in [0, 0.1) is 83.1 Å². The Morgan fingerprint density at radius 1 is 0.387 bits per heavy atom. The summed E-state index contributed by atoms with van der Waals surface area (Å²) in [6.07, 6.45) is 6.44. The van der Waals surface area contributed by atoms with Crippen molar-refractivity contribution in [2.75, 3.05) is 45.8 Å². The fraction of sp³-hybridized carbons (Fsp3) is 0.239. The van der Waals surface area contributed by atoms with Gasteiger partial charge in [0.25, 0.3) is 0 Å². The maximum atomic E-state index is 5.37. The summed E-state index contributed by atoms with van der Waals surface area (Å²) in [7, 11) is 2.03. The van der Waals surface area contributed by atoms with E-state index in [-0.39, 0.29) is 0 Å². The number of aromatic amines is 2. The van der Waals surface area contributed by atoms with Crippen molar-refractivity contribution in [3.8, 4) is 78.6 Å². The first kappa shape index (κ1) is 75.9. The molecule has 16 aromatic rings. The molecule has 0 aliphatic carbocycles. The van der Waals surface area contributed by atoms with E-state index in [4.69, 9.17) is 22.5 Å². The lowest BCUT2D eigenvalue weighted by Gasteiger charge is -2.26. The van der Waals surface area contributed by atoms with Crippen molar-refractivity contribution in [3.63, 3.8) is 0 Å². The second kappa shape index (κ2) is 33.4. The van der Waals surface area contributed by atoms with E-state index < -0.39 is 0 Å². The summed E-state index contributed by atoms with van der Waals surface area (Å²) in [5, 5.41) is 41.6. The van der Waals surface area contributed by atoms with E-state index in [9.17, 15) is 0 Å². The highest BCUT2D eigenvalue weighted by molar-refractivity contribution is 5.85. The van der Waals surface area contributed by atoms with Crippen LogP contribution in [0.1, 0.15) is 95.8 Å². The molecule has 111 heavy (non-hydrogen) atoms. The van der Waals surface area contributed by atoms with Crippen LogP contribution in [0.3, 0.4) is 0 Å². The van der Waals surface area contributed by atoms with Crippen molar-refractivity contribution < 1.29 is 22.5 Å². The number of fused-ring (bicyclic) bond motifs is 1. The van der Waals surface area contributed by atoms with Gasteiger partial charge in [0.2, 0.25) is 12.3 Å². The normalized spacial score (nSPS) is 11.1. The van der Waals surface area contributed by atoms with E-state index in [1.165, 1.54) is 52.0 Å². The van der Waals surface area contributed by atoms with Crippen LogP contribution >= 0.6 is 0 Å². The van der Waals surface area contributed by atoms with Gasteiger partial charge in [0.15, 0.2) is 5.82 Å². The lowest BCUT2D eigenvalue weighted by Crippen LogP contribution is -2.17. The highest BCUT2D eigenvalue weighted by atomic mass is 16.5. The van der Waals surface area contributed by atoms with Gasteiger partial charge in [-0.25, -0.2) is 9.97 Å². The molecular formula is C88H92N18O5. The Morgan fingerprint density at radius 3 is 1.09 bits per heavy atom. The summed E-state index contributed by atoms with van der Waals surface area (Å²) in [6.45, 7) is 36.3. The molecule has 0 spiro atoms. The molecule has 0 saturated carbocycles. The Kier molecular flexibility index (Phi) is 22.9. The Morgan fingerprint density at radius 2 is 0.757 bits per heavy atom. The molecule has 16 rings (SSSR count). The number of benzene rings is 8. The molecule has 0 saturated heterocycles. The molecule has 0 unspecified atom stereocenters. The average Bonchev–Trinajstić information content (AvgIpc) is 1.77. The van der Waals surface area contributed by atoms with Gasteiger partial charge in [-0.3, -0.25) is 5.10 Å². The van der Waals surface area contributed by atoms with E-state index in [0.717, 1.165) is 184 Å². The van der Waals surface area contributed by atoms with E-state index in [0.29, 0.717) is 5.89 Å². The van der Waals surface area contributed by atoms with Crippen LogP contribution in [-0.2, 0) is 7.05 Å². The third-order valence-corrected chi connectivity index (χ3v) is 20.1. The molecule has 8 aromatic carbocycles. The van der Waals surface area contributed by atoms with E-state index >= 15 is 0 Å². The zero-order valence-electron chi connectivity index (χ0n) is 65.9. The number of nitrogens with one attached hydrogen (secondary N) is 2. The summed E-state index contributed by atoms with van der Waals surface area (Å²) in [4.78, 5) is 17.9. The van der Waals surface area contributed by atoms with Gasteiger partial charge in [0.05, 0.1) is 46.3 Å². The van der Waals surface area contributed by atoms with Crippen molar-refractivity contribution in [3.05, 3.63) is 257 Å². The number of hydrogen-bond donors (Lipinski definition) is 2. The lowest BCUT2D eigenvalue weighted by atomic mass is 10.0. The fourth-order valence-corrected chi connectivity index (χ4v) is 14.4. The zero-order chi connectivity index (χ0) is 78.1. The van der Waals surface area contributed by atoms with E-state index in [2.05, 4.69) is 298 Å². The maximum absolute atomic E-state index is 5.37. The van der Waals surface area contributed by atoms with Gasteiger partial charge < -0.3 is 46.7 Å². The molecule has 23 heteroatoms. The third kappa shape index (κ3) is 16.2. The molecule has 0 aliphatic heterocycles. The summed E-state index contributed by atoms with van der Waals surface area (Å²) < 4.78 is 28.8. The van der Waals surface area contributed by atoms with Crippen molar-refractivity contribution in [1.82, 2.24) is 71.0 Å². The highest BCUT2D eigenvalue weighted by Crippen LogP contribution is 2.41. The number of anilines is 8. The van der Waals surface area contributed by atoms with Gasteiger partial charge in [-0.1, -0.05) is 81.3 Å². The van der Waals surface area contributed by atoms with E-state index in [1.807, 2.05) is 80.9 Å². The first-order chi connectivity index (χ1) is 53.7. The molecule has 564 valence electrons. The van der Waals surface area contributed by atoms with Crippen LogP contribution in [0.15, 0.2) is 212 Å². The van der Waals surface area contributed by atoms with Crippen LogP contribution < -0.4 is 19.6 Å². The summed E-state index contributed by atoms with van der Waals surface area (Å²) in [5.41, 5.74) is 32.4. The molecule has 0 atom stereocenters. The molecule has 8 heterocycles. The Bertz CT molecular complexity index is 5290. The number of H-pyrrole nitrogens is 2. The zero-order valence-corrected chi connectivity index (χ0v) is 65.9. The van der Waals surface area contributed by atoms with Gasteiger partial charge in [0.1, 0.15) is 35.1 Å². The molecule has 0 fully saturated rings. The fourth-order valence-electron chi connectivity index (χ4n) is 14.4. The molecule has 0 amide bonds. The smallest absolute Gasteiger partial charge is 0.247 e. The van der Waals surface area contributed by atoms with Gasteiger partial charge in [-0.15, -0.1) is 10.2 Å². The summed E-state index contributed by atoms with van der Waals surface area (Å²) in [6, 6.07) is 57.3. The molecule has 8 aromatic heterocycles. The lowest BCUT2D eigenvalue weighted by molar-refractivity contribution is 0.393. The average molecular weight is 1480 g/mol. The third-order valence-electron chi connectivity index (χ3n) is 20.1. The predicted molar refractivity (Wildman–Crippen MR) is 439 cm³/mol. The van der Waals surface area contributed by atoms with Crippen molar-refractivity contribution in [2.24, 2.45) is 7.05 Å². The molecule has 0 bridgehead atoms. The van der Waals surface area contributed by atoms with Crippen molar-refractivity contribution in [1.29, 1.82) is 0 Å². The quantitative estimate of drug-likeness (QED) is 0.0762. The predicted octanol–water partition coefficient (Wildman–Crippen LogP) is 21.2. The van der Waals surface area contributed by atoms with Crippen LogP contribution in [0.5, 0.6) is 0 Å². The van der Waals surface area contributed by atoms with E-state index in [1.54, 1.807) is 6.20 Å². The minimum absolute atomic E-state index is 0.520. The largest absolute Gasteiger partial charge is 0.423 e. The SMILES string of the molecule is CCN(c1ccc(-c2cn[nH]n2)cc1)c1cc(-c2c(C)noc2C)ccc1C.CCN(c1ccc(-c2ncn[nH]2)cc1)c1cc(-c2c(C)noc2C)ccc1C.CCN(c1ccc(-c2nnco2)cc1)c1cc(-c2c(C)noc2C)ccc1C.CCN(c1ccc2ncn(C)c2c1)c1cc(-c2c(C)noc2C)ccc1C. The standard InChI is InChI=1S/2C22H23N5O.C22H22N4O2.C22H24N4O/c1-5-27(19-10-8-17(9-11-19)20-13-23-26-24-20)21-12-18(7-6-14(21)2)22-15(3)25-28-16(22)4;1-5-27(19-10-8-17(9-11-19)22-23-13-24-25-22)20-12-18(7-6-14(20)2)21-15(3)26-28-16(21)4;1-5-26(19-10-8-17(9-11-19)22-24-23-13-27-22)20-12-18(7-6-14(20)2)21-15(3)25-28-16(21)4;1-6-26(18-9-10-19-21(12-18)25(5)13-23-19)20-11-17(8-7-14(20)2)22-15(3)24-27-16(22)4/h6-13H,5H2,1-4H3,(H,23,24,26);6-13H,5H2,1-4H3,(H,23,24,25);6-13H,5H2,1-4H3;7-13H,6H2,1-5H3. The minimum Gasteiger partial charge on any atom is -0.423 e. The van der Waals surface area contributed by atoms with Crippen LogP contribution in [0.2, 0.25) is 0 Å². The Hall–Kier alpha value is -13.3. The number of rotatable bonds is 19. The second-order valence-corrected chi connectivity index (χ2v) is 27.4. The highest BCUT2D eigenvalue weighted by Gasteiger charge is 2.23. The molecule has 23 nitrogen and oxygen atoms in total. The van der Waals surface area contributed by atoms with Gasteiger partial charge in [-0.2, -0.15) is 20.5 Å². The number of hydrogen-bond acceptors (Lipinski definition) is 20. The van der Waals surface area contributed by atoms with Gasteiger partial charge in [-0.05, 0) is 258 Å². The van der Waals surface area contributed by atoms with Crippen LogP contribution in [-0.4, -0.2) is 97.1 Å². The summed E-state index contributed by atoms with van der Waals surface area (Å²) >= 11 is 0. The number of nitrogens with zero attached hydrogens (tertiary/aromatic N) is 16. The van der Waals surface area contributed by atoms with Crippen LogP contribution in [0.4, 0.5) is 45.5 Å². The van der Waals surface area contributed by atoms with Gasteiger partial charge in [0, 0.05) is 118 Å². The topological polar surface area (TPSA) is 257 Å². The van der Waals surface area contributed by atoms with Crippen molar-refractivity contribution >= 4 is 56.5 Å². The number of imidazole rings is 1. The molecule has 0 radical (unpaired) electrons. The van der Waals surface area contributed by atoms with Crippen molar-refractivity contribution in [2.45, 2.75) is 111 Å². The molecule has 0 aliphatic rings. The second-order valence-electron chi connectivity index (χ2n) is 27.4. The maximum Gasteiger partial charge on any atom is 0.247 e. The molecule has 2 N–H and O–H groups in total. The number of aryl methyl sites for hydroxylation is 13.